The summed E-state index contributed by atoms with van der Waals surface area (Å²) in [7, 11) is 0. The van der Waals surface area contributed by atoms with Crippen LogP contribution in [-0.4, -0.2) is 5.11 Å². The van der Waals surface area contributed by atoms with Gasteiger partial charge in [-0.1, -0.05) is 12.1 Å². The van der Waals surface area contributed by atoms with Crippen molar-refractivity contribution >= 4 is 16.7 Å². The standard InChI is InChI=1S/C26H22F3NO3/c1-13-9-18(15(3)30-23-6-4-5-21(28)20(23)12-31)26-19(10-13)24(32)14(2)25(33-26)17-8-7-16(27)11-22(17)29/h4-11,15,30-31H,12H2,1-3H3. The lowest BCUT2D eigenvalue weighted by Crippen LogP contribution is -2.13. The van der Waals surface area contributed by atoms with Crippen molar-refractivity contribution in [3.63, 3.8) is 0 Å². The summed E-state index contributed by atoms with van der Waals surface area (Å²) in [5, 5.41) is 13.1. The van der Waals surface area contributed by atoms with Crippen molar-refractivity contribution in [3.05, 3.63) is 98.5 Å². The number of nitrogens with one attached hydrogen (secondary N) is 1. The van der Waals surface area contributed by atoms with Gasteiger partial charge in [-0.2, -0.15) is 0 Å². The first-order valence-electron chi connectivity index (χ1n) is 10.4. The van der Waals surface area contributed by atoms with Crippen LogP contribution in [0.1, 0.15) is 35.2 Å². The van der Waals surface area contributed by atoms with Crippen molar-refractivity contribution in [1.82, 2.24) is 0 Å². The summed E-state index contributed by atoms with van der Waals surface area (Å²) in [4.78, 5) is 13.2. The van der Waals surface area contributed by atoms with E-state index in [9.17, 15) is 23.1 Å². The SMILES string of the molecule is Cc1cc(C(C)Nc2cccc(F)c2CO)c2oc(-c3ccc(F)cc3F)c(C)c(=O)c2c1. The van der Waals surface area contributed by atoms with E-state index >= 15 is 0 Å². The first-order valence-corrected chi connectivity index (χ1v) is 10.4. The molecule has 1 unspecified atom stereocenters. The van der Waals surface area contributed by atoms with Gasteiger partial charge in [0.15, 0.2) is 5.43 Å². The minimum atomic E-state index is -0.840. The predicted octanol–water partition coefficient (Wildman–Crippen LogP) is 6.16. The number of hydrogen-bond donors (Lipinski definition) is 2. The summed E-state index contributed by atoms with van der Waals surface area (Å²) in [6.45, 7) is 4.68. The molecule has 2 N–H and O–H groups in total. The van der Waals surface area contributed by atoms with Crippen LogP contribution in [0.2, 0.25) is 0 Å². The molecule has 0 amide bonds. The third-order valence-electron chi connectivity index (χ3n) is 5.68. The second kappa shape index (κ2) is 8.75. The molecule has 0 aliphatic heterocycles. The third kappa shape index (κ3) is 4.12. The Morgan fingerprint density at radius 2 is 1.79 bits per heavy atom. The molecule has 0 saturated carbocycles. The molecule has 4 nitrogen and oxygen atoms in total. The average Bonchev–Trinajstić information content (AvgIpc) is 2.76. The van der Waals surface area contributed by atoms with Crippen molar-refractivity contribution < 1.29 is 22.7 Å². The fourth-order valence-electron chi connectivity index (χ4n) is 3.99. The molecule has 1 atom stereocenters. The van der Waals surface area contributed by atoms with Gasteiger partial charge in [0, 0.05) is 28.4 Å². The van der Waals surface area contributed by atoms with E-state index in [1.165, 1.54) is 25.1 Å². The molecule has 0 saturated heterocycles. The lowest BCUT2D eigenvalue weighted by atomic mass is 9.98. The maximum Gasteiger partial charge on any atom is 0.196 e. The second-order valence-corrected chi connectivity index (χ2v) is 8.03. The van der Waals surface area contributed by atoms with Gasteiger partial charge in [-0.3, -0.25) is 4.79 Å². The van der Waals surface area contributed by atoms with Crippen molar-refractivity contribution in [1.29, 1.82) is 0 Å². The zero-order valence-corrected chi connectivity index (χ0v) is 18.3. The number of benzene rings is 3. The van der Waals surface area contributed by atoms with Crippen LogP contribution >= 0.6 is 0 Å². The highest BCUT2D eigenvalue weighted by Crippen LogP contribution is 2.34. The minimum absolute atomic E-state index is 0.0177. The zero-order valence-electron chi connectivity index (χ0n) is 18.3. The van der Waals surface area contributed by atoms with E-state index in [0.717, 1.165) is 17.7 Å². The van der Waals surface area contributed by atoms with Gasteiger partial charge in [-0.05, 0) is 56.7 Å². The Bertz CT molecular complexity index is 1430. The lowest BCUT2D eigenvalue weighted by molar-refractivity contribution is 0.276. The van der Waals surface area contributed by atoms with Gasteiger partial charge >= 0.3 is 0 Å². The van der Waals surface area contributed by atoms with Gasteiger partial charge in [-0.15, -0.1) is 0 Å². The summed E-state index contributed by atoms with van der Waals surface area (Å²) in [5.74, 6) is -2.10. The Hall–Kier alpha value is -3.58. The number of anilines is 1. The van der Waals surface area contributed by atoms with Gasteiger partial charge in [0.2, 0.25) is 0 Å². The predicted molar refractivity (Wildman–Crippen MR) is 122 cm³/mol. The molecule has 1 aromatic heterocycles. The zero-order chi connectivity index (χ0) is 23.9. The molecule has 170 valence electrons. The van der Waals surface area contributed by atoms with Crippen LogP contribution in [-0.2, 0) is 6.61 Å². The third-order valence-corrected chi connectivity index (χ3v) is 5.68. The van der Waals surface area contributed by atoms with E-state index in [1.54, 1.807) is 19.1 Å². The maximum atomic E-state index is 14.5. The minimum Gasteiger partial charge on any atom is -0.455 e. The number of aliphatic hydroxyl groups excluding tert-OH is 1. The van der Waals surface area contributed by atoms with Crippen molar-refractivity contribution in [2.24, 2.45) is 0 Å². The number of hydrogen-bond acceptors (Lipinski definition) is 4. The maximum absolute atomic E-state index is 14.5. The van der Waals surface area contributed by atoms with Gasteiger partial charge < -0.3 is 14.8 Å². The van der Waals surface area contributed by atoms with E-state index in [0.29, 0.717) is 16.6 Å². The highest BCUT2D eigenvalue weighted by atomic mass is 19.1. The largest absolute Gasteiger partial charge is 0.455 e. The van der Waals surface area contributed by atoms with Crippen molar-refractivity contribution in [2.45, 2.75) is 33.4 Å². The number of halogens is 3. The van der Waals surface area contributed by atoms with Gasteiger partial charge in [0.1, 0.15) is 28.8 Å². The summed E-state index contributed by atoms with van der Waals surface area (Å²) < 4.78 is 48.1. The molecule has 4 rings (SSSR count). The molecule has 0 spiro atoms. The molecule has 4 aromatic rings. The summed E-state index contributed by atoms with van der Waals surface area (Å²) >= 11 is 0. The Morgan fingerprint density at radius 3 is 2.48 bits per heavy atom. The summed E-state index contributed by atoms with van der Waals surface area (Å²) in [5.41, 5.74) is 2.03. The molecule has 0 fully saturated rings. The normalized spacial score (nSPS) is 12.2. The van der Waals surface area contributed by atoms with Gasteiger partial charge in [0.05, 0.1) is 23.6 Å². The Balaban J connectivity index is 1.91. The molecule has 1 heterocycles. The Morgan fingerprint density at radius 1 is 1.03 bits per heavy atom. The second-order valence-electron chi connectivity index (χ2n) is 8.03. The summed E-state index contributed by atoms with van der Waals surface area (Å²) in [6.07, 6.45) is 0. The molecule has 0 aliphatic rings. The highest BCUT2D eigenvalue weighted by molar-refractivity contribution is 5.84. The van der Waals surface area contributed by atoms with E-state index < -0.39 is 30.1 Å². The Kier molecular flexibility index (Phi) is 5.99. The first kappa shape index (κ1) is 22.6. The topological polar surface area (TPSA) is 62.5 Å². The van der Waals surface area contributed by atoms with E-state index in [2.05, 4.69) is 5.32 Å². The van der Waals surface area contributed by atoms with Crippen LogP contribution in [0.3, 0.4) is 0 Å². The summed E-state index contributed by atoms with van der Waals surface area (Å²) in [6, 6.07) is 10.5. The molecule has 0 bridgehead atoms. The molecule has 0 radical (unpaired) electrons. The number of fused-ring (bicyclic) bond motifs is 1. The smallest absolute Gasteiger partial charge is 0.196 e. The number of aryl methyl sites for hydroxylation is 1. The van der Waals surface area contributed by atoms with Gasteiger partial charge in [0.25, 0.3) is 0 Å². The molecular weight excluding hydrogens is 431 g/mol. The highest BCUT2D eigenvalue weighted by Gasteiger charge is 2.21. The average molecular weight is 453 g/mol. The quantitative estimate of drug-likeness (QED) is 0.380. The number of rotatable bonds is 5. The number of aliphatic hydroxyl groups is 1. The molecule has 3 aromatic carbocycles. The monoisotopic (exact) mass is 453 g/mol. The fourth-order valence-corrected chi connectivity index (χ4v) is 3.99. The van der Waals surface area contributed by atoms with Crippen LogP contribution in [0, 0.1) is 31.3 Å². The molecular formula is C26H22F3NO3. The van der Waals surface area contributed by atoms with E-state index in [-0.39, 0.29) is 33.5 Å². The van der Waals surface area contributed by atoms with E-state index in [4.69, 9.17) is 4.42 Å². The van der Waals surface area contributed by atoms with Crippen LogP contribution in [0.4, 0.5) is 18.9 Å². The fraction of sp³-hybridized carbons (Fsp3) is 0.192. The van der Waals surface area contributed by atoms with Crippen LogP contribution in [0.25, 0.3) is 22.3 Å². The Labute approximate surface area is 188 Å². The van der Waals surface area contributed by atoms with Crippen molar-refractivity contribution in [2.75, 3.05) is 5.32 Å². The van der Waals surface area contributed by atoms with Crippen LogP contribution < -0.4 is 10.7 Å². The van der Waals surface area contributed by atoms with Crippen LogP contribution in [0.15, 0.2) is 57.7 Å². The first-order chi connectivity index (χ1) is 15.7. The van der Waals surface area contributed by atoms with E-state index in [1.807, 2.05) is 13.0 Å². The van der Waals surface area contributed by atoms with Gasteiger partial charge in [-0.25, -0.2) is 13.2 Å². The van der Waals surface area contributed by atoms with Crippen molar-refractivity contribution in [3.8, 4) is 11.3 Å². The molecule has 33 heavy (non-hydrogen) atoms. The lowest BCUT2D eigenvalue weighted by Gasteiger charge is -2.20. The molecule has 0 aliphatic carbocycles. The molecule has 7 heteroatoms. The van der Waals surface area contributed by atoms with Crippen LogP contribution in [0.5, 0.6) is 0 Å².